The zero-order chi connectivity index (χ0) is 35.1. The average Bonchev–Trinajstić information content (AvgIpc) is 3.79. The molecule has 14 heteroatoms. The van der Waals surface area contributed by atoms with Crippen molar-refractivity contribution in [1.82, 2.24) is 30.0 Å². The number of likely N-dealkylation sites (tertiary alicyclic amines) is 2. The van der Waals surface area contributed by atoms with E-state index in [0.717, 1.165) is 53.3 Å². The van der Waals surface area contributed by atoms with Crippen LogP contribution in [0.25, 0.3) is 32.9 Å². The number of hydrogen-bond acceptors (Lipinski definition) is 9. The van der Waals surface area contributed by atoms with E-state index in [-0.39, 0.29) is 35.1 Å². The topological polar surface area (TPSA) is 109 Å². The number of nitrogens with zero attached hydrogens (tertiary/aromatic N) is 6. The number of H-pyrrole nitrogens is 1. The highest BCUT2D eigenvalue weighted by Gasteiger charge is 2.47. The number of piperidine rings is 1. The third-order valence-corrected chi connectivity index (χ3v) is 11.4. The first-order valence-electron chi connectivity index (χ1n) is 17.7. The smallest absolute Gasteiger partial charge is 0.422 e. The maximum absolute atomic E-state index is 14.0. The van der Waals surface area contributed by atoms with Gasteiger partial charge in [-0.05, 0) is 73.4 Å². The summed E-state index contributed by atoms with van der Waals surface area (Å²) >= 11 is 0. The lowest BCUT2D eigenvalue weighted by atomic mass is 9.72. The van der Waals surface area contributed by atoms with Gasteiger partial charge in [0.05, 0.1) is 31.0 Å². The van der Waals surface area contributed by atoms with Crippen LogP contribution < -0.4 is 14.4 Å². The molecule has 268 valence electrons. The number of aromatic amines is 1. The van der Waals surface area contributed by atoms with Gasteiger partial charge in [0.2, 0.25) is 5.91 Å². The number of hydrogen-bond donors (Lipinski definition) is 1. The number of carbonyl (C=O) groups is 1. The van der Waals surface area contributed by atoms with E-state index in [2.05, 4.69) is 32.6 Å². The van der Waals surface area contributed by atoms with Crippen LogP contribution in [0, 0.1) is 12.3 Å². The van der Waals surface area contributed by atoms with Crippen molar-refractivity contribution in [3.63, 3.8) is 0 Å². The number of fused-ring (bicyclic) bond motifs is 2. The largest absolute Gasteiger partial charge is 0.481 e. The molecule has 51 heavy (non-hydrogen) atoms. The lowest BCUT2D eigenvalue weighted by Gasteiger charge is -2.54. The van der Waals surface area contributed by atoms with E-state index in [4.69, 9.17) is 24.2 Å². The second-order valence-corrected chi connectivity index (χ2v) is 14.9. The number of benzene rings is 2. The molecule has 11 nitrogen and oxygen atoms in total. The van der Waals surface area contributed by atoms with Crippen molar-refractivity contribution in [3.05, 3.63) is 48.2 Å². The lowest BCUT2D eigenvalue weighted by Crippen LogP contribution is -2.63. The zero-order valence-corrected chi connectivity index (χ0v) is 28.5. The number of rotatable bonds is 9. The van der Waals surface area contributed by atoms with Crippen LogP contribution in [-0.2, 0) is 9.53 Å². The third-order valence-electron chi connectivity index (χ3n) is 11.4. The first kappa shape index (κ1) is 32.5. The highest BCUT2D eigenvalue weighted by Crippen LogP contribution is 2.53. The SMILES string of the molecule is C=CC(=O)N1CC2(CCN(c3nc(OC4CN(C5COC5)C4)nc4c(OCC(F)(F)F)c(-c5c(C)ccc6[nH]ncc56)c(C5CC5)cc34)CC2)C1. The molecule has 0 radical (unpaired) electrons. The van der Waals surface area contributed by atoms with Crippen molar-refractivity contribution in [2.75, 3.05) is 64.0 Å². The van der Waals surface area contributed by atoms with Gasteiger partial charge in [0.25, 0.3) is 0 Å². The predicted octanol–water partition coefficient (Wildman–Crippen LogP) is 5.38. The molecule has 0 unspecified atom stereocenters. The normalized spacial score (nSPS) is 21.1. The first-order chi connectivity index (χ1) is 24.6. The van der Waals surface area contributed by atoms with Gasteiger partial charge in [0.15, 0.2) is 12.4 Å². The van der Waals surface area contributed by atoms with E-state index < -0.39 is 12.8 Å². The summed E-state index contributed by atoms with van der Waals surface area (Å²) in [6.07, 6.45) is 1.89. The Labute approximate surface area is 292 Å². The lowest BCUT2D eigenvalue weighted by molar-refractivity contribution is -0.153. The summed E-state index contributed by atoms with van der Waals surface area (Å²) in [5.41, 5.74) is 4.34. The van der Waals surface area contributed by atoms with Gasteiger partial charge in [0.1, 0.15) is 17.4 Å². The number of carbonyl (C=O) groups excluding carboxylic acids is 1. The van der Waals surface area contributed by atoms with Crippen LogP contribution in [0.2, 0.25) is 0 Å². The summed E-state index contributed by atoms with van der Waals surface area (Å²) in [6, 6.07) is 6.46. The number of ether oxygens (including phenoxy) is 3. The van der Waals surface area contributed by atoms with Crippen LogP contribution in [-0.4, -0.2) is 113 Å². The fourth-order valence-corrected chi connectivity index (χ4v) is 8.22. The molecule has 4 saturated heterocycles. The highest BCUT2D eigenvalue weighted by molar-refractivity contribution is 6.06. The molecule has 0 atom stereocenters. The third kappa shape index (κ3) is 5.85. The number of nitrogens with one attached hydrogen (secondary N) is 1. The molecule has 5 aliphatic rings. The summed E-state index contributed by atoms with van der Waals surface area (Å²) in [6.45, 7) is 9.65. The quantitative estimate of drug-likeness (QED) is 0.230. The van der Waals surface area contributed by atoms with Gasteiger partial charge in [-0.2, -0.15) is 28.2 Å². The van der Waals surface area contributed by atoms with Crippen LogP contribution in [0.3, 0.4) is 0 Å². The number of aryl methyl sites for hydroxylation is 1. The minimum atomic E-state index is -4.57. The second kappa shape index (κ2) is 12.1. The molecule has 1 spiro atoms. The van der Waals surface area contributed by atoms with Gasteiger partial charge in [-0.1, -0.05) is 12.6 Å². The van der Waals surface area contributed by atoms with E-state index in [9.17, 15) is 18.0 Å². The Hall–Kier alpha value is -4.43. The molecule has 1 N–H and O–H groups in total. The van der Waals surface area contributed by atoms with Crippen molar-refractivity contribution in [2.45, 2.75) is 56.8 Å². The van der Waals surface area contributed by atoms with E-state index in [1.54, 1.807) is 6.20 Å². The molecule has 9 rings (SSSR count). The number of alkyl halides is 3. The first-order valence-corrected chi connectivity index (χ1v) is 17.7. The summed E-state index contributed by atoms with van der Waals surface area (Å²) in [5, 5.41) is 8.74. The van der Waals surface area contributed by atoms with Crippen molar-refractivity contribution in [1.29, 1.82) is 0 Å². The Morgan fingerprint density at radius 2 is 1.88 bits per heavy atom. The Morgan fingerprint density at radius 1 is 1.12 bits per heavy atom. The van der Waals surface area contributed by atoms with Crippen molar-refractivity contribution in [3.8, 4) is 22.9 Å². The summed E-state index contributed by atoms with van der Waals surface area (Å²) in [5.74, 6) is 0.829. The Kier molecular flexibility index (Phi) is 7.69. The van der Waals surface area contributed by atoms with Crippen molar-refractivity contribution >= 4 is 33.5 Å². The number of anilines is 1. The molecule has 1 aliphatic carbocycles. The number of aromatic nitrogens is 4. The van der Waals surface area contributed by atoms with Gasteiger partial charge >= 0.3 is 12.2 Å². The van der Waals surface area contributed by atoms with Crippen LogP contribution in [0.5, 0.6) is 11.8 Å². The molecule has 4 aromatic rings. The minimum Gasteiger partial charge on any atom is -0.481 e. The molecule has 1 amide bonds. The number of halogens is 3. The van der Waals surface area contributed by atoms with E-state index in [0.29, 0.717) is 80.8 Å². The molecule has 1 saturated carbocycles. The standard InChI is InChI=1S/C37H40F3N7O4/c1-3-29(48)47-18-36(19-47)8-10-45(11-9-36)34-26-12-25(22-5-6-22)31(30-21(2)4-7-28-27(30)13-41-44-28)33(50-20-37(38,39)40)32(26)42-35(43-34)51-24-14-46(15-24)23-16-49-17-23/h3-4,7,12-13,22-24H,1,5-6,8-11,14-20H2,2H3,(H,41,44). The van der Waals surface area contributed by atoms with Gasteiger partial charge < -0.3 is 24.0 Å². The Balaban J connectivity index is 1.17. The summed E-state index contributed by atoms with van der Waals surface area (Å²) in [4.78, 5) is 28.4. The predicted molar refractivity (Wildman–Crippen MR) is 184 cm³/mol. The van der Waals surface area contributed by atoms with E-state index >= 15 is 0 Å². The van der Waals surface area contributed by atoms with Gasteiger partial charge in [-0.25, -0.2) is 0 Å². The van der Waals surface area contributed by atoms with Crippen LogP contribution in [0.1, 0.15) is 42.7 Å². The average molecular weight is 704 g/mol. The summed E-state index contributed by atoms with van der Waals surface area (Å²) < 4.78 is 59.7. The van der Waals surface area contributed by atoms with Crippen LogP contribution in [0.4, 0.5) is 19.0 Å². The Morgan fingerprint density at radius 3 is 2.55 bits per heavy atom. The molecular weight excluding hydrogens is 663 g/mol. The van der Waals surface area contributed by atoms with Gasteiger partial charge in [0, 0.05) is 61.0 Å². The second-order valence-electron chi connectivity index (χ2n) is 14.9. The maximum atomic E-state index is 14.0. The van der Waals surface area contributed by atoms with Crippen molar-refractivity contribution < 1.29 is 32.2 Å². The minimum absolute atomic E-state index is 0.0338. The maximum Gasteiger partial charge on any atom is 0.422 e. The fourth-order valence-electron chi connectivity index (χ4n) is 8.22. The van der Waals surface area contributed by atoms with Crippen LogP contribution in [0.15, 0.2) is 37.1 Å². The zero-order valence-electron chi connectivity index (χ0n) is 28.5. The highest BCUT2D eigenvalue weighted by atomic mass is 19.4. The van der Waals surface area contributed by atoms with Gasteiger partial charge in [-0.3, -0.25) is 14.8 Å². The van der Waals surface area contributed by atoms with E-state index in [1.807, 2.05) is 24.0 Å². The van der Waals surface area contributed by atoms with Crippen LogP contribution >= 0.6 is 0 Å². The molecule has 2 aromatic heterocycles. The summed E-state index contributed by atoms with van der Waals surface area (Å²) in [7, 11) is 0. The molecule has 0 bridgehead atoms. The molecular formula is C37H40F3N7O4. The molecule has 4 aliphatic heterocycles. The van der Waals surface area contributed by atoms with E-state index in [1.165, 1.54) is 6.08 Å². The molecule has 5 fully saturated rings. The Bertz CT molecular complexity index is 2020. The molecule has 6 heterocycles. The monoisotopic (exact) mass is 703 g/mol. The number of amides is 1. The fraction of sp³-hybridized carbons (Fsp3) is 0.514. The molecule has 2 aromatic carbocycles. The van der Waals surface area contributed by atoms with Crippen molar-refractivity contribution in [2.24, 2.45) is 5.41 Å². The van der Waals surface area contributed by atoms with Gasteiger partial charge in [-0.15, -0.1) is 0 Å².